The van der Waals surface area contributed by atoms with E-state index in [4.69, 9.17) is 0 Å². The van der Waals surface area contributed by atoms with Crippen molar-refractivity contribution in [3.63, 3.8) is 0 Å². The van der Waals surface area contributed by atoms with Crippen molar-refractivity contribution >= 4 is 23.5 Å². The van der Waals surface area contributed by atoms with Gasteiger partial charge in [0.1, 0.15) is 0 Å². The fourth-order valence-corrected chi connectivity index (χ4v) is 2.94. The highest BCUT2D eigenvalue weighted by Crippen LogP contribution is 2.29. The predicted molar refractivity (Wildman–Crippen MR) is 90.6 cm³/mol. The van der Waals surface area contributed by atoms with E-state index in [1.54, 1.807) is 4.90 Å². The second-order valence-corrected chi connectivity index (χ2v) is 5.73. The zero-order chi connectivity index (χ0) is 15.4. The molecule has 3 rings (SSSR count). The molecule has 1 aromatic carbocycles. The van der Waals surface area contributed by atoms with E-state index in [0.29, 0.717) is 18.2 Å². The number of carbonyl (C=O) groups excluding carboxylic acids is 1. The molecule has 0 fully saturated rings. The Morgan fingerprint density at radius 1 is 1.32 bits per heavy atom. The van der Waals surface area contributed by atoms with E-state index in [2.05, 4.69) is 29.3 Å². The SMILES string of the molecule is CCCN1C(=O)/C(=N/N=C\[C@H]2CC=CCC2)c2ccccc21. The molecule has 0 bridgehead atoms. The van der Waals surface area contributed by atoms with Crippen LogP contribution in [-0.4, -0.2) is 24.4 Å². The topological polar surface area (TPSA) is 45.0 Å². The molecule has 0 radical (unpaired) electrons. The van der Waals surface area contributed by atoms with Gasteiger partial charge in [-0.2, -0.15) is 5.10 Å². The highest BCUT2D eigenvalue weighted by Gasteiger charge is 2.33. The highest BCUT2D eigenvalue weighted by molar-refractivity contribution is 6.54. The molecule has 2 aliphatic rings. The number of hydrogen-bond acceptors (Lipinski definition) is 3. The van der Waals surface area contributed by atoms with Crippen molar-refractivity contribution in [3.05, 3.63) is 42.0 Å². The Bertz CT molecular complexity index is 645. The number of rotatable bonds is 4. The number of para-hydroxylation sites is 1. The summed E-state index contributed by atoms with van der Waals surface area (Å²) in [6.45, 7) is 2.78. The van der Waals surface area contributed by atoms with Gasteiger partial charge in [-0.05, 0) is 37.7 Å². The van der Waals surface area contributed by atoms with Crippen LogP contribution in [0.25, 0.3) is 0 Å². The molecule has 0 saturated carbocycles. The zero-order valence-electron chi connectivity index (χ0n) is 12.9. The van der Waals surface area contributed by atoms with Gasteiger partial charge in [0.15, 0.2) is 5.71 Å². The van der Waals surface area contributed by atoms with Crippen LogP contribution in [0, 0.1) is 5.92 Å². The minimum Gasteiger partial charge on any atom is -0.306 e. The lowest BCUT2D eigenvalue weighted by Gasteiger charge is -2.14. The summed E-state index contributed by atoms with van der Waals surface area (Å²) in [6.07, 6.45) is 10.4. The number of benzene rings is 1. The lowest BCUT2D eigenvalue weighted by Crippen LogP contribution is -2.30. The summed E-state index contributed by atoms with van der Waals surface area (Å²) in [5, 5.41) is 8.45. The first-order valence-electron chi connectivity index (χ1n) is 7.98. The van der Waals surface area contributed by atoms with Gasteiger partial charge in [-0.15, -0.1) is 5.10 Å². The lowest BCUT2D eigenvalue weighted by molar-refractivity contribution is -0.112. The van der Waals surface area contributed by atoms with E-state index < -0.39 is 0 Å². The van der Waals surface area contributed by atoms with Gasteiger partial charge in [-0.3, -0.25) is 4.79 Å². The van der Waals surface area contributed by atoms with Crippen molar-refractivity contribution in [2.24, 2.45) is 16.1 Å². The van der Waals surface area contributed by atoms with Gasteiger partial charge in [0.2, 0.25) is 0 Å². The first kappa shape index (κ1) is 14.7. The molecule has 4 nitrogen and oxygen atoms in total. The smallest absolute Gasteiger partial charge is 0.279 e. The van der Waals surface area contributed by atoms with Crippen LogP contribution in [0.1, 0.15) is 38.2 Å². The number of nitrogens with zero attached hydrogens (tertiary/aromatic N) is 3. The van der Waals surface area contributed by atoms with Crippen LogP contribution >= 0.6 is 0 Å². The Hall–Kier alpha value is -2.23. The third kappa shape index (κ3) is 2.86. The van der Waals surface area contributed by atoms with Crippen LogP contribution < -0.4 is 4.90 Å². The summed E-state index contributed by atoms with van der Waals surface area (Å²) in [6, 6.07) is 7.81. The Morgan fingerprint density at radius 2 is 2.18 bits per heavy atom. The fraction of sp³-hybridized carbons (Fsp3) is 0.389. The number of amides is 1. The van der Waals surface area contributed by atoms with Gasteiger partial charge in [0.25, 0.3) is 5.91 Å². The van der Waals surface area contributed by atoms with Crippen LogP contribution in [0.5, 0.6) is 0 Å². The third-order valence-corrected chi connectivity index (χ3v) is 4.09. The summed E-state index contributed by atoms with van der Waals surface area (Å²) >= 11 is 0. The number of fused-ring (bicyclic) bond motifs is 1. The first-order valence-corrected chi connectivity index (χ1v) is 7.98. The number of anilines is 1. The summed E-state index contributed by atoms with van der Waals surface area (Å²) in [5.74, 6) is 0.400. The first-order chi connectivity index (χ1) is 10.8. The maximum absolute atomic E-state index is 12.5. The molecule has 1 aromatic rings. The quantitative estimate of drug-likeness (QED) is 0.476. The Morgan fingerprint density at radius 3 is 2.95 bits per heavy atom. The largest absolute Gasteiger partial charge is 0.306 e. The molecule has 1 atom stereocenters. The van der Waals surface area contributed by atoms with Crippen molar-refractivity contribution in [1.82, 2.24) is 0 Å². The maximum Gasteiger partial charge on any atom is 0.279 e. The molecular formula is C18H21N3O. The van der Waals surface area contributed by atoms with Crippen LogP contribution in [0.15, 0.2) is 46.6 Å². The van der Waals surface area contributed by atoms with E-state index in [9.17, 15) is 4.79 Å². The van der Waals surface area contributed by atoms with Gasteiger partial charge < -0.3 is 4.90 Å². The summed E-state index contributed by atoms with van der Waals surface area (Å²) in [7, 11) is 0. The van der Waals surface area contributed by atoms with E-state index in [1.807, 2.05) is 30.5 Å². The molecule has 0 spiro atoms. The Kier molecular flexibility index (Phi) is 4.47. The summed E-state index contributed by atoms with van der Waals surface area (Å²) in [4.78, 5) is 14.3. The molecule has 1 amide bonds. The molecule has 22 heavy (non-hydrogen) atoms. The highest BCUT2D eigenvalue weighted by atomic mass is 16.2. The molecule has 1 aliphatic carbocycles. The van der Waals surface area contributed by atoms with Crippen LogP contribution in [0.2, 0.25) is 0 Å². The summed E-state index contributed by atoms with van der Waals surface area (Å²) in [5.41, 5.74) is 2.30. The van der Waals surface area contributed by atoms with Crippen molar-refractivity contribution in [2.75, 3.05) is 11.4 Å². The number of allylic oxidation sites excluding steroid dienone is 2. The van der Waals surface area contributed by atoms with Crippen molar-refractivity contribution in [3.8, 4) is 0 Å². The fourth-order valence-electron chi connectivity index (χ4n) is 2.94. The van der Waals surface area contributed by atoms with Crippen molar-refractivity contribution in [2.45, 2.75) is 32.6 Å². The molecule has 0 saturated heterocycles. The molecule has 114 valence electrons. The van der Waals surface area contributed by atoms with Crippen molar-refractivity contribution in [1.29, 1.82) is 0 Å². The van der Waals surface area contributed by atoms with E-state index in [1.165, 1.54) is 0 Å². The lowest BCUT2D eigenvalue weighted by atomic mass is 9.96. The minimum absolute atomic E-state index is 0.0382. The summed E-state index contributed by atoms with van der Waals surface area (Å²) < 4.78 is 0. The second-order valence-electron chi connectivity index (χ2n) is 5.73. The average Bonchev–Trinajstić information content (AvgIpc) is 2.82. The van der Waals surface area contributed by atoms with Crippen LogP contribution in [0.4, 0.5) is 5.69 Å². The van der Waals surface area contributed by atoms with Gasteiger partial charge in [-0.1, -0.05) is 37.3 Å². The average molecular weight is 295 g/mol. The standard InChI is InChI=1S/C18H21N3O/c1-2-12-21-16-11-7-6-10-15(16)17(18(21)22)20-19-13-14-8-4-3-5-9-14/h3-4,6-7,10-11,13-14H,2,5,8-9,12H2,1H3/b19-13-,20-17+/t14-/m0/s1. The van der Waals surface area contributed by atoms with E-state index in [-0.39, 0.29) is 5.91 Å². The van der Waals surface area contributed by atoms with Gasteiger partial charge in [0.05, 0.1) is 5.69 Å². The second kappa shape index (κ2) is 6.69. The third-order valence-electron chi connectivity index (χ3n) is 4.09. The van der Waals surface area contributed by atoms with Crippen LogP contribution in [-0.2, 0) is 4.79 Å². The minimum atomic E-state index is -0.0382. The molecule has 4 heteroatoms. The van der Waals surface area contributed by atoms with Gasteiger partial charge in [0, 0.05) is 18.3 Å². The monoisotopic (exact) mass is 295 g/mol. The molecule has 0 unspecified atom stereocenters. The number of carbonyl (C=O) groups is 1. The normalized spacial score (nSPS) is 22.8. The van der Waals surface area contributed by atoms with Gasteiger partial charge >= 0.3 is 0 Å². The van der Waals surface area contributed by atoms with E-state index in [0.717, 1.165) is 36.9 Å². The zero-order valence-corrected chi connectivity index (χ0v) is 12.9. The molecule has 1 aliphatic heterocycles. The molecule has 1 heterocycles. The van der Waals surface area contributed by atoms with E-state index >= 15 is 0 Å². The van der Waals surface area contributed by atoms with Gasteiger partial charge in [-0.25, -0.2) is 0 Å². The number of hydrogen-bond donors (Lipinski definition) is 0. The Labute approximate surface area is 131 Å². The molecule has 0 N–H and O–H groups in total. The Balaban J connectivity index is 1.83. The predicted octanol–water partition coefficient (Wildman–Crippen LogP) is 3.57. The molecule has 0 aromatic heterocycles. The maximum atomic E-state index is 12.5. The van der Waals surface area contributed by atoms with Crippen molar-refractivity contribution < 1.29 is 4.79 Å². The van der Waals surface area contributed by atoms with Crippen LogP contribution in [0.3, 0.4) is 0 Å². The molecular weight excluding hydrogens is 274 g/mol.